The number of rotatable bonds is 5. The van der Waals surface area contributed by atoms with Gasteiger partial charge >= 0.3 is 0 Å². The number of piperazine rings is 1. The molecule has 3 rings (SSSR count). The second-order valence-electron chi connectivity index (χ2n) is 7.29. The molecule has 1 amide bonds. The molecule has 2 heterocycles. The molecule has 1 aromatic heterocycles. The van der Waals surface area contributed by atoms with E-state index in [1.165, 1.54) is 0 Å². The first-order valence-electron chi connectivity index (χ1n) is 8.97. The summed E-state index contributed by atoms with van der Waals surface area (Å²) in [5, 5.41) is 6.92. The second kappa shape index (κ2) is 7.35. The van der Waals surface area contributed by atoms with Gasteiger partial charge in [0.1, 0.15) is 11.6 Å². The number of hydrogen-bond acceptors (Lipinski definition) is 5. The zero-order valence-corrected chi connectivity index (χ0v) is 16.0. The third-order valence-corrected chi connectivity index (χ3v) is 4.84. The lowest BCUT2D eigenvalue weighted by Gasteiger charge is -2.48. The van der Waals surface area contributed by atoms with E-state index in [1.807, 2.05) is 30.0 Å². The van der Waals surface area contributed by atoms with Crippen LogP contribution in [0.15, 0.2) is 24.3 Å². The Morgan fingerprint density at radius 1 is 1.31 bits per heavy atom. The van der Waals surface area contributed by atoms with E-state index in [2.05, 4.69) is 40.0 Å². The zero-order chi connectivity index (χ0) is 18.7. The summed E-state index contributed by atoms with van der Waals surface area (Å²) >= 11 is 0. The van der Waals surface area contributed by atoms with Gasteiger partial charge in [-0.25, -0.2) is 4.98 Å². The SMILES string of the molecule is COc1ccccc1N1CCN(C(=O)CCc2n[nH]c(C)n2)CC1(C)C. The number of methoxy groups -OCH3 is 1. The Balaban J connectivity index is 1.65. The predicted molar refractivity (Wildman–Crippen MR) is 100 cm³/mol. The van der Waals surface area contributed by atoms with Gasteiger partial charge < -0.3 is 14.5 Å². The second-order valence-corrected chi connectivity index (χ2v) is 7.29. The highest BCUT2D eigenvalue weighted by molar-refractivity contribution is 5.77. The maximum absolute atomic E-state index is 12.6. The average Bonchev–Trinajstić information content (AvgIpc) is 3.04. The standard InChI is InChI=1S/C19H27N5O2/c1-14-20-17(22-21-14)9-10-18(25)23-11-12-24(19(2,3)13-23)15-7-5-6-8-16(15)26-4/h5-8H,9-13H2,1-4H3,(H,20,21,22). The van der Waals surface area contributed by atoms with Crippen molar-refractivity contribution in [1.82, 2.24) is 20.1 Å². The number of aryl methyl sites for hydroxylation is 2. The number of carbonyl (C=O) groups excluding carboxylic acids is 1. The number of H-pyrrole nitrogens is 1. The highest BCUT2D eigenvalue weighted by Gasteiger charge is 2.36. The fourth-order valence-electron chi connectivity index (χ4n) is 3.54. The number of nitrogens with one attached hydrogen (secondary N) is 1. The smallest absolute Gasteiger partial charge is 0.223 e. The Bertz CT molecular complexity index is 771. The van der Waals surface area contributed by atoms with Crippen LogP contribution in [0.2, 0.25) is 0 Å². The van der Waals surface area contributed by atoms with Gasteiger partial charge in [-0.15, -0.1) is 0 Å². The van der Waals surface area contributed by atoms with E-state index >= 15 is 0 Å². The number of benzene rings is 1. The third kappa shape index (κ3) is 3.81. The number of ether oxygens (including phenoxy) is 1. The minimum Gasteiger partial charge on any atom is -0.495 e. The van der Waals surface area contributed by atoms with Crippen LogP contribution in [0.4, 0.5) is 5.69 Å². The van der Waals surface area contributed by atoms with Crippen molar-refractivity contribution in [3.05, 3.63) is 35.9 Å². The Kier molecular flexibility index (Phi) is 5.15. The van der Waals surface area contributed by atoms with Crippen molar-refractivity contribution in [3.8, 4) is 5.75 Å². The first-order chi connectivity index (χ1) is 12.4. The summed E-state index contributed by atoms with van der Waals surface area (Å²) in [5.41, 5.74) is 0.896. The topological polar surface area (TPSA) is 74.3 Å². The van der Waals surface area contributed by atoms with Crippen molar-refractivity contribution >= 4 is 11.6 Å². The van der Waals surface area contributed by atoms with Crippen LogP contribution in [-0.4, -0.2) is 58.3 Å². The molecule has 0 saturated carbocycles. The summed E-state index contributed by atoms with van der Waals surface area (Å²) in [5.74, 6) is 2.49. The van der Waals surface area contributed by atoms with Crippen LogP contribution in [0.25, 0.3) is 0 Å². The monoisotopic (exact) mass is 357 g/mol. The van der Waals surface area contributed by atoms with Crippen LogP contribution in [0.3, 0.4) is 0 Å². The van der Waals surface area contributed by atoms with Gasteiger partial charge in [0.05, 0.1) is 18.3 Å². The number of nitrogens with zero attached hydrogens (tertiary/aromatic N) is 4. The molecule has 0 atom stereocenters. The fraction of sp³-hybridized carbons (Fsp3) is 0.526. The lowest BCUT2D eigenvalue weighted by Crippen LogP contribution is -2.60. The van der Waals surface area contributed by atoms with Crippen molar-refractivity contribution < 1.29 is 9.53 Å². The van der Waals surface area contributed by atoms with Gasteiger partial charge in [-0.1, -0.05) is 12.1 Å². The molecule has 7 heteroatoms. The van der Waals surface area contributed by atoms with Gasteiger partial charge in [-0.2, -0.15) is 5.10 Å². The highest BCUT2D eigenvalue weighted by atomic mass is 16.5. The van der Waals surface area contributed by atoms with Gasteiger partial charge in [-0.05, 0) is 32.9 Å². The largest absolute Gasteiger partial charge is 0.495 e. The molecule has 2 aromatic rings. The molecule has 1 saturated heterocycles. The summed E-state index contributed by atoms with van der Waals surface area (Å²) in [6, 6.07) is 8.04. The van der Waals surface area contributed by atoms with Crippen molar-refractivity contribution in [1.29, 1.82) is 0 Å². The van der Waals surface area contributed by atoms with Gasteiger partial charge in [0.2, 0.25) is 5.91 Å². The summed E-state index contributed by atoms with van der Waals surface area (Å²) in [4.78, 5) is 21.2. The van der Waals surface area contributed by atoms with E-state index in [0.717, 1.165) is 23.8 Å². The molecule has 0 aliphatic carbocycles. The third-order valence-electron chi connectivity index (χ3n) is 4.84. The van der Waals surface area contributed by atoms with Crippen LogP contribution < -0.4 is 9.64 Å². The number of aromatic amines is 1. The van der Waals surface area contributed by atoms with Crippen LogP contribution >= 0.6 is 0 Å². The number of para-hydroxylation sites is 2. The maximum atomic E-state index is 12.6. The molecule has 0 unspecified atom stereocenters. The molecule has 0 bridgehead atoms. The number of anilines is 1. The van der Waals surface area contributed by atoms with Crippen molar-refractivity contribution in [2.45, 2.75) is 39.2 Å². The number of aromatic nitrogens is 3. The number of amides is 1. The van der Waals surface area contributed by atoms with E-state index < -0.39 is 0 Å². The predicted octanol–water partition coefficient (Wildman–Crippen LogP) is 2.18. The van der Waals surface area contributed by atoms with Crippen LogP contribution in [-0.2, 0) is 11.2 Å². The van der Waals surface area contributed by atoms with E-state index in [4.69, 9.17) is 4.74 Å². The van der Waals surface area contributed by atoms with Gasteiger partial charge in [0, 0.05) is 32.5 Å². The van der Waals surface area contributed by atoms with Gasteiger partial charge in [0.15, 0.2) is 5.82 Å². The van der Waals surface area contributed by atoms with Crippen molar-refractivity contribution in [2.24, 2.45) is 0 Å². The molecule has 1 N–H and O–H groups in total. The Labute approximate surface area is 154 Å². The van der Waals surface area contributed by atoms with Crippen molar-refractivity contribution in [3.63, 3.8) is 0 Å². The lowest BCUT2D eigenvalue weighted by atomic mass is 9.97. The van der Waals surface area contributed by atoms with Gasteiger partial charge in [0.25, 0.3) is 0 Å². The molecule has 1 fully saturated rings. The Morgan fingerprint density at radius 2 is 2.08 bits per heavy atom. The summed E-state index contributed by atoms with van der Waals surface area (Å²) in [6.45, 7) is 8.34. The van der Waals surface area contributed by atoms with Crippen LogP contribution in [0.1, 0.15) is 31.9 Å². The first-order valence-corrected chi connectivity index (χ1v) is 8.97. The Morgan fingerprint density at radius 3 is 2.73 bits per heavy atom. The Hall–Kier alpha value is -2.57. The van der Waals surface area contributed by atoms with Crippen LogP contribution in [0.5, 0.6) is 5.75 Å². The minimum atomic E-state index is -0.177. The average molecular weight is 357 g/mol. The molecule has 0 radical (unpaired) electrons. The van der Waals surface area contributed by atoms with E-state index in [9.17, 15) is 4.79 Å². The zero-order valence-electron chi connectivity index (χ0n) is 16.0. The summed E-state index contributed by atoms with van der Waals surface area (Å²) < 4.78 is 5.52. The molecular formula is C19H27N5O2. The van der Waals surface area contributed by atoms with E-state index in [1.54, 1.807) is 7.11 Å². The van der Waals surface area contributed by atoms with Crippen LogP contribution in [0, 0.1) is 6.92 Å². The highest BCUT2D eigenvalue weighted by Crippen LogP contribution is 2.34. The maximum Gasteiger partial charge on any atom is 0.223 e. The van der Waals surface area contributed by atoms with E-state index in [-0.39, 0.29) is 11.4 Å². The van der Waals surface area contributed by atoms with Gasteiger partial charge in [-0.3, -0.25) is 9.89 Å². The number of carbonyl (C=O) groups is 1. The molecule has 26 heavy (non-hydrogen) atoms. The molecule has 0 spiro atoms. The summed E-state index contributed by atoms with van der Waals surface area (Å²) in [7, 11) is 1.69. The lowest BCUT2D eigenvalue weighted by molar-refractivity contribution is -0.132. The normalized spacial score (nSPS) is 16.6. The molecular weight excluding hydrogens is 330 g/mol. The summed E-state index contributed by atoms with van der Waals surface area (Å²) in [6.07, 6.45) is 0.998. The fourth-order valence-corrected chi connectivity index (χ4v) is 3.54. The molecule has 7 nitrogen and oxygen atoms in total. The quantitative estimate of drug-likeness (QED) is 0.888. The first kappa shape index (κ1) is 18.2. The molecule has 1 aromatic carbocycles. The molecule has 1 aliphatic rings. The van der Waals surface area contributed by atoms with Crippen molar-refractivity contribution in [2.75, 3.05) is 31.6 Å². The van der Waals surface area contributed by atoms with E-state index in [0.29, 0.717) is 31.8 Å². The molecule has 1 aliphatic heterocycles. The number of hydrogen-bond donors (Lipinski definition) is 1. The minimum absolute atomic E-state index is 0.153. The molecule has 140 valence electrons.